The van der Waals surface area contributed by atoms with Crippen molar-refractivity contribution in [3.05, 3.63) is 39.7 Å². The third-order valence-electron chi connectivity index (χ3n) is 2.92. The lowest BCUT2D eigenvalue weighted by Crippen LogP contribution is -2.06. The van der Waals surface area contributed by atoms with Crippen LogP contribution in [0, 0.1) is 13.8 Å². The van der Waals surface area contributed by atoms with Gasteiger partial charge in [-0.2, -0.15) is 0 Å². The Morgan fingerprint density at radius 1 is 1.39 bits per heavy atom. The molecule has 0 bridgehead atoms. The summed E-state index contributed by atoms with van der Waals surface area (Å²) >= 11 is 1.40. The Labute approximate surface area is 110 Å². The molecule has 0 aliphatic carbocycles. The minimum Gasteiger partial charge on any atom is -0.481 e. The average Bonchev–Trinajstić information content (AvgIpc) is 2.77. The van der Waals surface area contributed by atoms with Gasteiger partial charge in [0.1, 0.15) is 10.9 Å². The van der Waals surface area contributed by atoms with Gasteiger partial charge in [-0.05, 0) is 26.3 Å². The van der Waals surface area contributed by atoms with Crippen LogP contribution in [0.25, 0.3) is 11.3 Å². The number of aliphatic carboxylic acids is 1. The van der Waals surface area contributed by atoms with Crippen LogP contribution >= 0.6 is 11.3 Å². The fourth-order valence-electron chi connectivity index (χ4n) is 1.82. The SMILES string of the molecule is Cc1ccc(-c2csc(C(C)C(=O)O)n2)c(C)c1. The molecule has 1 aromatic carbocycles. The molecule has 18 heavy (non-hydrogen) atoms. The van der Waals surface area contributed by atoms with E-state index in [4.69, 9.17) is 5.11 Å². The predicted molar refractivity (Wildman–Crippen MR) is 73.1 cm³/mol. The number of aryl methyl sites for hydroxylation is 2. The molecule has 1 aromatic heterocycles. The smallest absolute Gasteiger partial charge is 0.313 e. The zero-order chi connectivity index (χ0) is 13.3. The Hall–Kier alpha value is -1.68. The van der Waals surface area contributed by atoms with Gasteiger partial charge in [-0.15, -0.1) is 11.3 Å². The molecular formula is C14H15NO2S. The molecule has 0 radical (unpaired) electrons. The van der Waals surface area contributed by atoms with Gasteiger partial charge < -0.3 is 5.11 Å². The van der Waals surface area contributed by atoms with Crippen molar-refractivity contribution in [2.75, 3.05) is 0 Å². The molecule has 1 N–H and O–H groups in total. The zero-order valence-corrected chi connectivity index (χ0v) is 11.4. The third kappa shape index (κ3) is 2.43. The predicted octanol–water partition coefficient (Wildman–Crippen LogP) is 3.62. The standard InChI is InChI=1S/C14H15NO2S/c1-8-4-5-11(9(2)6-8)12-7-18-13(15-12)10(3)14(16)17/h4-7,10H,1-3H3,(H,16,17). The minimum atomic E-state index is -0.837. The highest BCUT2D eigenvalue weighted by Gasteiger charge is 2.18. The Kier molecular flexibility index (Phi) is 3.48. The number of rotatable bonds is 3. The van der Waals surface area contributed by atoms with Crippen LogP contribution in [0.4, 0.5) is 0 Å². The Bertz CT molecular complexity index is 589. The third-order valence-corrected chi connectivity index (χ3v) is 3.95. The molecule has 1 heterocycles. The summed E-state index contributed by atoms with van der Waals surface area (Å²) in [6, 6.07) is 6.19. The molecule has 2 aromatic rings. The fraction of sp³-hybridized carbons (Fsp3) is 0.286. The summed E-state index contributed by atoms with van der Waals surface area (Å²) in [5.74, 6) is -1.38. The van der Waals surface area contributed by atoms with Crippen LogP contribution in [-0.2, 0) is 4.79 Å². The lowest BCUT2D eigenvalue weighted by molar-refractivity contribution is -0.138. The van der Waals surface area contributed by atoms with Crippen LogP contribution < -0.4 is 0 Å². The Morgan fingerprint density at radius 2 is 2.11 bits per heavy atom. The summed E-state index contributed by atoms with van der Waals surface area (Å²) in [5.41, 5.74) is 4.31. The minimum absolute atomic E-state index is 0.547. The first-order valence-electron chi connectivity index (χ1n) is 5.75. The Morgan fingerprint density at radius 3 is 2.72 bits per heavy atom. The van der Waals surface area contributed by atoms with Crippen molar-refractivity contribution in [2.45, 2.75) is 26.7 Å². The number of carbonyl (C=O) groups is 1. The van der Waals surface area contributed by atoms with Crippen molar-refractivity contribution >= 4 is 17.3 Å². The monoisotopic (exact) mass is 261 g/mol. The van der Waals surface area contributed by atoms with Gasteiger partial charge in [-0.3, -0.25) is 4.79 Å². The number of nitrogens with zero attached hydrogens (tertiary/aromatic N) is 1. The topological polar surface area (TPSA) is 50.2 Å². The van der Waals surface area contributed by atoms with E-state index in [0.717, 1.165) is 16.8 Å². The molecule has 2 rings (SSSR count). The van der Waals surface area contributed by atoms with E-state index in [1.807, 2.05) is 24.4 Å². The first-order chi connectivity index (χ1) is 8.49. The first-order valence-corrected chi connectivity index (χ1v) is 6.63. The van der Waals surface area contributed by atoms with E-state index >= 15 is 0 Å². The second kappa shape index (κ2) is 4.90. The highest BCUT2D eigenvalue weighted by molar-refractivity contribution is 7.10. The molecule has 0 saturated heterocycles. The maximum absolute atomic E-state index is 10.9. The van der Waals surface area contributed by atoms with Gasteiger partial charge in [0, 0.05) is 10.9 Å². The molecule has 0 aliphatic heterocycles. The number of aromatic nitrogens is 1. The van der Waals surface area contributed by atoms with Gasteiger partial charge in [-0.1, -0.05) is 23.8 Å². The number of hydrogen-bond donors (Lipinski definition) is 1. The van der Waals surface area contributed by atoms with E-state index in [9.17, 15) is 4.79 Å². The quantitative estimate of drug-likeness (QED) is 0.918. The highest BCUT2D eigenvalue weighted by atomic mass is 32.1. The highest BCUT2D eigenvalue weighted by Crippen LogP contribution is 2.28. The van der Waals surface area contributed by atoms with Gasteiger partial charge in [-0.25, -0.2) is 4.98 Å². The van der Waals surface area contributed by atoms with Crippen molar-refractivity contribution in [3.8, 4) is 11.3 Å². The van der Waals surface area contributed by atoms with Crippen LogP contribution in [0.15, 0.2) is 23.6 Å². The number of hydrogen-bond acceptors (Lipinski definition) is 3. The van der Waals surface area contributed by atoms with E-state index in [1.54, 1.807) is 6.92 Å². The number of carboxylic acid groups (broad SMARTS) is 1. The maximum atomic E-state index is 10.9. The van der Waals surface area contributed by atoms with Gasteiger partial charge in [0.2, 0.25) is 0 Å². The van der Waals surface area contributed by atoms with Gasteiger partial charge in [0.05, 0.1) is 5.69 Å². The second-order valence-electron chi connectivity index (χ2n) is 4.45. The van der Waals surface area contributed by atoms with Crippen molar-refractivity contribution in [3.63, 3.8) is 0 Å². The van der Waals surface area contributed by atoms with Crippen LogP contribution in [0.2, 0.25) is 0 Å². The summed E-state index contributed by atoms with van der Waals surface area (Å²) in [4.78, 5) is 15.4. The molecule has 0 fully saturated rings. The Balaban J connectivity index is 2.38. The van der Waals surface area contributed by atoms with Crippen LogP contribution in [0.1, 0.15) is 29.0 Å². The largest absolute Gasteiger partial charge is 0.481 e. The second-order valence-corrected chi connectivity index (χ2v) is 5.34. The summed E-state index contributed by atoms with van der Waals surface area (Å²) < 4.78 is 0. The van der Waals surface area contributed by atoms with Crippen LogP contribution in [0.3, 0.4) is 0 Å². The summed E-state index contributed by atoms with van der Waals surface area (Å²) in [6.07, 6.45) is 0. The fourth-order valence-corrected chi connectivity index (χ4v) is 2.68. The molecule has 0 aliphatic rings. The molecular weight excluding hydrogens is 246 g/mol. The molecule has 1 unspecified atom stereocenters. The van der Waals surface area contributed by atoms with Crippen molar-refractivity contribution in [2.24, 2.45) is 0 Å². The summed E-state index contributed by atoms with van der Waals surface area (Å²) in [5, 5.41) is 11.5. The van der Waals surface area contributed by atoms with Crippen molar-refractivity contribution < 1.29 is 9.90 Å². The molecule has 0 amide bonds. The summed E-state index contributed by atoms with van der Waals surface area (Å²) in [6.45, 7) is 5.75. The number of thiazole rings is 1. The van der Waals surface area contributed by atoms with E-state index in [-0.39, 0.29) is 0 Å². The van der Waals surface area contributed by atoms with Gasteiger partial charge >= 0.3 is 5.97 Å². The summed E-state index contributed by atoms with van der Waals surface area (Å²) in [7, 11) is 0. The lowest BCUT2D eigenvalue weighted by atomic mass is 10.0. The van der Waals surface area contributed by atoms with Gasteiger partial charge in [0.25, 0.3) is 0 Å². The van der Waals surface area contributed by atoms with Crippen molar-refractivity contribution in [1.29, 1.82) is 0 Å². The molecule has 4 heteroatoms. The molecule has 94 valence electrons. The normalized spacial score (nSPS) is 12.4. The van der Waals surface area contributed by atoms with E-state index in [2.05, 4.69) is 18.0 Å². The first kappa shape index (κ1) is 12.8. The molecule has 1 atom stereocenters. The van der Waals surface area contributed by atoms with Crippen LogP contribution in [0.5, 0.6) is 0 Å². The van der Waals surface area contributed by atoms with Crippen LogP contribution in [-0.4, -0.2) is 16.1 Å². The molecule has 3 nitrogen and oxygen atoms in total. The van der Waals surface area contributed by atoms with Gasteiger partial charge in [0.15, 0.2) is 0 Å². The average molecular weight is 261 g/mol. The van der Waals surface area contributed by atoms with E-state index in [0.29, 0.717) is 5.01 Å². The van der Waals surface area contributed by atoms with E-state index < -0.39 is 11.9 Å². The van der Waals surface area contributed by atoms with E-state index in [1.165, 1.54) is 16.9 Å². The zero-order valence-electron chi connectivity index (χ0n) is 10.6. The van der Waals surface area contributed by atoms with Crippen molar-refractivity contribution in [1.82, 2.24) is 4.98 Å². The number of benzene rings is 1. The number of carboxylic acids is 1. The molecule has 0 spiro atoms. The molecule has 0 saturated carbocycles. The maximum Gasteiger partial charge on any atom is 0.313 e. The lowest BCUT2D eigenvalue weighted by Gasteiger charge is -2.04.